The minimum absolute atomic E-state index is 0.0507. The Morgan fingerprint density at radius 1 is 1.50 bits per heavy atom. The maximum absolute atomic E-state index is 11.9. The van der Waals surface area contributed by atoms with Crippen molar-refractivity contribution in [2.45, 2.75) is 32.4 Å². The van der Waals surface area contributed by atoms with E-state index in [9.17, 15) is 4.79 Å². The number of nitrogens with zero attached hydrogens (tertiary/aromatic N) is 1. The highest BCUT2D eigenvalue weighted by atomic mass is 16.5. The first-order valence-corrected chi connectivity index (χ1v) is 6.19. The molecule has 1 atom stereocenters. The Labute approximate surface area is 109 Å². The average Bonchev–Trinajstić information content (AvgIpc) is 2.38. The number of methoxy groups -OCH3 is 1. The van der Waals surface area contributed by atoms with Gasteiger partial charge in [0.25, 0.3) is 0 Å². The smallest absolute Gasteiger partial charge is 0.224 e. The van der Waals surface area contributed by atoms with Crippen molar-refractivity contribution >= 4 is 5.91 Å². The molecular weight excluding hydrogens is 228 g/mol. The molecule has 18 heavy (non-hydrogen) atoms. The van der Waals surface area contributed by atoms with E-state index in [2.05, 4.69) is 0 Å². The van der Waals surface area contributed by atoms with Crippen molar-refractivity contribution < 1.29 is 9.53 Å². The number of carbonyl (C=O) groups is 1. The van der Waals surface area contributed by atoms with Gasteiger partial charge in [-0.1, -0.05) is 19.1 Å². The summed E-state index contributed by atoms with van der Waals surface area (Å²) in [6, 6.07) is 7.67. The average molecular weight is 250 g/mol. The molecule has 0 spiro atoms. The summed E-state index contributed by atoms with van der Waals surface area (Å²) in [4.78, 5) is 13.6. The molecule has 0 bridgehead atoms. The van der Waals surface area contributed by atoms with Gasteiger partial charge in [0.15, 0.2) is 0 Å². The minimum Gasteiger partial charge on any atom is -0.497 e. The zero-order valence-electron chi connectivity index (χ0n) is 11.3. The van der Waals surface area contributed by atoms with Crippen LogP contribution in [0.25, 0.3) is 0 Å². The molecule has 0 saturated heterocycles. The van der Waals surface area contributed by atoms with E-state index in [1.165, 1.54) is 0 Å². The topological polar surface area (TPSA) is 55.6 Å². The summed E-state index contributed by atoms with van der Waals surface area (Å²) in [5.74, 6) is 0.880. The Kier molecular flexibility index (Phi) is 5.65. The fourth-order valence-corrected chi connectivity index (χ4v) is 1.66. The lowest BCUT2D eigenvalue weighted by Crippen LogP contribution is -2.32. The van der Waals surface area contributed by atoms with Gasteiger partial charge >= 0.3 is 0 Å². The normalized spacial score (nSPS) is 12.0. The van der Waals surface area contributed by atoms with Crippen LogP contribution in [0.1, 0.15) is 25.3 Å². The Morgan fingerprint density at radius 2 is 2.22 bits per heavy atom. The largest absolute Gasteiger partial charge is 0.497 e. The highest BCUT2D eigenvalue weighted by Crippen LogP contribution is 2.14. The molecule has 100 valence electrons. The zero-order valence-corrected chi connectivity index (χ0v) is 11.3. The third-order valence-electron chi connectivity index (χ3n) is 2.94. The molecule has 2 N–H and O–H groups in total. The molecule has 0 heterocycles. The van der Waals surface area contributed by atoms with Gasteiger partial charge in [0.2, 0.25) is 5.91 Å². The fourth-order valence-electron chi connectivity index (χ4n) is 1.66. The van der Waals surface area contributed by atoms with Crippen LogP contribution in [0, 0.1) is 0 Å². The molecule has 0 saturated carbocycles. The van der Waals surface area contributed by atoms with Gasteiger partial charge in [-0.25, -0.2) is 0 Å². The lowest BCUT2D eigenvalue weighted by atomic mass is 10.1. The molecule has 0 fully saturated rings. The van der Waals surface area contributed by atoms with E-state index in [1.807, 2.05) is 31.2 Å². The molecular formula is C14H22N2O2. The van der Waals surface area contributed by atoms with Crippen molar-refractivity contribution in [3.8, 4) is 5.75 Å². The van der Waals surface area contributed by atoms with E-state index in [0.717, 1.165) is 17.7 Å². The monoisotopic (exact) mass is 250 g/mol. The second-order valence-corrected chi connectivity index (χ2v) is 4.47. The van der Waals surface area contributed by atoms with Gasteiger partial charge in [0, 0.05) is 26.1 Å². The maximum Gasteiger partial charge on any atom is 0.224 e. The number of carbonyl (C=O) groups excluding carboxylic acids is 1. The quantitative estimate of drug-likeness (QED) is 0.837. The summed E-state index contributed by atoms with van der Waals surface area (Å²) in [5, 5.41) is 0. The Morgan fingerprint density at radius 3 is 2.83 bits per heavy atom. The molecule has 4 heteroatoms. The molecule has 4 nitrogen and oxygen atoms in total. The van der Waals surface area contributed by atoms with E-state index in [4.69, 9.17) is 10.5 Å². The number of nitrogens with two attached hydrogens (primary N) is 1. The zero-order chi connectivity index (χ0) is 13.5. The summed E-state index contributed by atoms with van der Waals surface area (Å²) in [6.07, 6.45) is 1.22. The van der Waals surface area contributed by atoms with Crippen molar-refractivity contribution in [3.05, 3.63) is 29.8 Å². The van der Waals surface area contributed by atoms with Crippen LogP contribution >= 0.6 is 0 Å². The Balaban J connectivity index is 2.57. The van der Waals surface area contributed by atoms with Crippen LogP contribution in [-0.2, 0) is 11.3 Å². The van der Waals surface area contributed by atoms with Crippen LogP contribution in [0.3, 0.4) is 0 Å². The first kappa shape index (κ1) is 14.5. The first-order chi connectivity index (χ1) is 8.56. The van der Waals surface area contributed by atoms with Crippen LogP contribution in [0.4, 0.5) is 0 Å². The van der Waals surface area contributed by atoms with Crippen molar-refractivity contribution in [2.24, 2.45) is 5.73 Å². The third-order valence-corrected chi connectivity index (χ3v) is 2.94. The molecule has 1 rings (SSSR count). The lowest BCUT2D eigenvalue weighted by Gasteiger charge is -2.19. The summed E-state index contributed by atoms with van der Waals surface area (Å²) in [5.41, 5.74) is 6.83. The molecule has 1 unspecified atom stereocenters. The molecule has 0 aliphatic carbocycles. The van der Waals surface area contributed by atoms with Crippen LogP contribution in [0.2, 0.25) is 0 Å². The molecule has 0 aliphatic heterocycles. The van der Waals surface area contributed by atoms with Crippen molar-refractivity contribution in [1.29, 1.82) is 0 Å². The molecule has 1 aromatic carbocycles. The van der Waals surface area contributed by atoms with Crippen LogP contribution in [-0.4, -0.2) is 31.0 Å². The standard InChI is InChI=1S/C14H22N2O2/c1-4-12(15)9-14(17)16(2)10-11-6-5-7-13(8-11)18-3/h5-8,12H,4,9-10,15H2,1-3H3. The van der Waals surface area contributed by atoms with Gasteiger partial charge in [0.1, 0.15) is 5.75 Å². The van der Waals surface area contributed by atoms with Gasteiger partial charge in [-0.3, -0.25) is 4.79 Å². The van der Waals surface area contributed by atoms with Crippen LogP contribution < -0.4 is 10.5 Å². The maximum atomic E-state index is 11.9. The predicted molar refractivity (Wildman–Crippen MR) is 72.4 cm³/mol. The Hall–Kier alpha value is -1.55. The van der Waals surface area contributed by atoms with Crippen LogP contribution in [0.15, 0.2) is 24.3 Å². The molecule has 1 amide bonds. The highest BCUT2D eigenvalue weighted by molar-refractivity contribution is 5.76. The summed E-state index contributed by atoms with van der Waals surface area (Å²) < 4.78 is 5.16. The van der Waals surface area contributed by atoms with Crippen molar-refractivity contribution in [2.75, 3.05) is 14.2 Å². The second kappa shape index (κ2) is 7.01. The van der Waals surface area contributed by atoms with E-state index in [-0.39, 0.29) is 11.9 Å². The number of ether oxygens (including phenoxy) is 1. The molecule has 0 aromatic heterocycles. The fraction of sp³-hybridized carbons (Fsp3) is 0.500. The SMILES string of the molecule is CCC(N)CC(=O)N(C)Cc1cccc(OC)c1. The van der Waals surface area contributed by atoms with Gasteiger partial charge in [-0.2, -0.15) is 0 Å². The van der Waals surface area contributed by atoms with E-state index >= 15 is 0 Å². The number of rotatable bonds is 6. The second-order valence-electron chi connectivity index (χ2n) is 4.47. The van der Waals surface area contributed by atoms with Gasteiger partial charge < -0.3 is 15.4 Å². The number of hydrogen-bond acceptors (Lipinski definition) is 3. The van der Waals surface area contributed by atoms with Gasteiger partial charge in [-0.15, -0.1) is 0 Å². The van der Waals surface area contributed by atoms with Gasteiger partial charge in [0.05, 0.1) is 7.11 Å². The minimum atomic E-state index is -0.0507. The predicted octanol–water partition coefficient (Wildman–Crippen LogP) is 1.78. The van der Waals surface area contributed by atoms with Gasteiger partial charge in [-0.05, 0) is 24.1 Å². The molecule has 1 aromatic rings. The van der Waals surface area contributed by atoms with Crippen LogP contribution in [0.5, 0.6) is 5.75 Å². The summed E-state index contributed by atoms with van der Waals surface area (Å²) in [7, 11) is 3.43. The van der Waals surface area contributed by atoms with Crippen molar-refractivity contribution in [3.63, 3.8) is 0 Å². The Bertz CT molecular complexity index is 393. The number of hydrogen-bond donors (Lipinski definition) is 1. The lowest BCUT2D eigenvalue weighted by molar-refractivity contribution is -0.130. The van der Waals surface area contributed by atoms with E-state index < -0.39 is 0 Å². The number of benzene rings is 1. The highest BCUT2D eigenvalue weighted by Gasteiger charge is 2.12. The van der Waals surface area contributed by atoms with E-state index in [1.54, 1.807) is 19.1 Å². The molecule has 0 radical (unpaired) electrons. The molecule has 0 aliphatic rings. The first-order valence-electron chi connectivity index (χ1n) is 6.19. The third kappa shape index (κ3) is 4.37. The number of amides is 1. The van der Waals surface area contributed by atoms with E-state index in [0.29, 0.717) is 13.0 Å². The summed E-state index contributed by atoms with van der Waals surface area (Å²) in [6.45, 7) is 2.56. The summed E-state index contributed by atoms with van der Waals surface area (Å²) >= 11 is 0. The van der Waals surface area contributed by atoms with Crippen molar-refractivity contribution in [1.82, 2.24) is 4.90 Å².